The summed E-state index contributed by atoms with van der Waals surface area (Å²) >= 11 is 0. The molecule has 0 saturated heterocycles. The Morgan fingerprint density at radius 3 is 0.429 bits per heavy atom. The van der Waals surface area contributed by atoms with Crippen molar-refractivity contribution in [1.29, 1.82) is 0 Å². The monoisotopic (exact) mass is 340 g/mol. The first-order valence-corrected chi connectivity index (χ1v) is 8.19. The van der Waals surface area contributed by atoms with Gasteiger partial charge >= 0.3 is 17.4 Å². The van der Waals surface area contributed by atoms with Gasteiger partial charge in [0, 0.05) is 0 Å². The van der Waals surface area contributed by atoms with Crippen LogP contribution in [0.15, 0.2) is 0 Å². The standard InChI is InChI=1S/4C4H10N.Cr/c4*1-3-5-4-2;/h4*3-4H2,1-2H3;/q4*-1;+6. The van der Waals surface area contributed by atoms with E-state index < -0.39 is 0 Å². The summed E-state index contributed by atoms with van der Waals surface area (Å²) < 4.78 is 0. The molecule has 0 rings (SSSR count). The van der Waals surface area contributed by atoms with Crippen LogP contribution in [-0.2, 0) is 17.4 Å². The van der Waals surface area contributed by atoms with Crippen LogP contribution in [0.1, 0.15) is 55.4 Å². The fourth-order valence-corrected chi connectivity index (χ4v) is 0.894. The second-order valence-corrected chi connectivity index (χ2v) is 3.42. The van der Waals surface area contributed by atoms with E-state index in [1.807, 2.05) is 55.4 Å². The van der Waals surface area contributed by atoms with Crippen molar-refractivity contribution in [3.63, 3.8) is 0 Å². The molecule has 0 radical (unpaired) electrons. The van der Waals surface area contributed by atoms with Gasteiger partial charge in [-0.1, -0.05) is 55.4 Å². The molecule has 0 aromatic carbocycles. The molecule has 0 saturated carbocycles. The summed E-state index contributed by atoms with van der Waals surface area (Å²) in [6, 6.07) is 0. The molecule has 0 aliphatic heterocycles. The maximum Gasteiger partial charge on any atom is 6.00 e. The molecule has 0 aromatic rings. The van der Waals surface area contributed by atoms with Gasteiger partial charge in [0.25, 0.3) is 0 Å². The third-order valence-electron chi connectivity index (χ3n) is 1.79. The van der Waals surface area contributed by atoms with Gasteiger partial charge in [-0.3, -0.25) is 0 Å². The van der Waals surface area contributed by atoms with Crippen molar-refractivity contribution >= 4 is 0 Å². The molecule has 0 bridgehead atoms. The van der Waals surface area contributed by atoms with Crippen LogP contribution in [0, 0.1) is 0 Å². The maximum absolute atomic E-state index is 3.97. The Kier molecular flexibility index (Phi) is 78.7. The average Bonchev–Trinajstić information content (AvgIpc) is 2.44. The maximum atomic E-state index is 3.97. The molecular formula is C16H40CrN4+2. The van der Waals surface area contributed by atoms with Gasteiger partial charge in [0.05, 0.1) is 0 Å². The minimum atomic E-state index is 0. The molecule has 5 heteroatoms. The third-order valence-corrected chi connectivity index (χ3v) is 1.79. The predicted molar refractivity (Wildman–Crippen MR) is 97.8 cm³/mol. The van der Waals surface area contributed by atoms with Crippen LogP contribution in [0.3, 0.4) is 0 Å². The van der Waals surface area contributed by atoms with E-state index in [2.05, 4.69) is 21.3 Å². The minimum Gasteiger partial charge on any atom is -0.663 e. The van der Waals surface area contributed by atoms with Crippen LogP contribution >= 0.6 is 0 Å². The van der Waals surface area contributed by atoms with E-state index in [0.29, 0.717) is 0 Å². The molecule has 0 unspecified atom stereocenters. The van der Waals surface area contributed by atoms with Crippen LogP contribution < -0.4 is 0 Å². The fraction of sp³-hybridized carbons (Fsp3) is 1.00. The van der Waals surface area contributed by atoms with Crippen molar-refractivity contribution in [2.45, 2.75) is 55.4 Å². The minimum absolute atomic E-state index is 0. The molecular weight excluding hydrogens is 300 g/mol. The topological polar surface area (TPSA) is 56.4 Å². The smallest absolute Gasteiger partial charge is 0.663 e. The van der Waals surface area contributed by atoms with E-state index >= 15 is 0 Å². The van der Waals surface area contributed by atoms with Crippen molar-refractivity contribution in [1.82, 2.24) is 0 Å². The van der Waals surface area contributed by atoms with E-state index in [0.717, 1.165) is 52.4 Å². The molecule has 0 N–H and O–H groups in total. The van der Waals surface area contributed by atoms with Crippen LogP contribution in [0.2, 0.25) is 0 Å². The van der Waals surface area contributed by atoms with Crippen LogP contribution in [-0.4, -0.2) is 52.4 Å². The second-order valence-electron chi connectivity index (χ2n) is 3.42. The zero-order valence-corrected chi connectivity index (χ0v) is 17.1. The quantitative estimate of drug-likeness (QED) is 0.552. The molecule has 0 atom stereocenters. The summed E-state index contributed by atoms with van der Waals surface area (Å²) in [6.07, 6.45) is 0. The van der Waals surface area contributed by atoms with Gasteiger partial charge in [0.2, 0.25) is 0 Å². The van der Waals surface area contributed by atoms with Gasteiger partial charge in [0.15, 0.2) is 0 Å². The van der Waals surface area contributed by atoms with Gasteiger partial charge in [-0.15, -0.1) is 0 Å². The van der Waals surface area contributed by atoms with Crippen molar-refractivity contribution in [3.05, 3.63) is 21.3 Å². The van der Waals surface area contributed by atoms with Gasteiger partial charge in [-0.05, 0) is 0 Å². The van der Waals surface area contributed by atoms with E-state index in [-0.39, 0.29) is 17.4 Å². The molecule has 0 spiro atoms. The zero-order valence-electron chi connectivity index (χ0n) is 15.9. The van der Waals surface area contributed by atoms with E-state index in [1.54, 1.807) is 0 Å². The number of rotatable bonds is 8. The average molecular weight is 341 g/mol. The summed E-state index contributed by atoms with van der Waals surface area (Å²) in [7, 11) is 0. The van der Waals surface area contributed by atoms with E-state index in [9.17, 15) is 0 Å². The first kappa shape index (κ1) is 33.1. The third kappa shape index (κ3) is 98.1. The zero-order chi connectivity index (χ0) is 16.5. The SMILES string of the molecule is CC[N-]CC.CC[N-]CC.CC[N-]CC.CC[N-]CC.[Cr+6]. The molecule has 0 aliphatic rings. The summed E-state index contributed by atoms with van der Waals surface area (Å²) in [5.74, 6) is 0. The molecule has 128 valence electrons. The van der Waals surface area contributed by atoms with Crippen LogP contribution in [0.5, 0.6) is 0 Å². The van der Waals surface area contributed by atoms with E-state index in [4.69, 9.17) is 0 Å². The molecule has 4 nitrogen and oxygen atoms in total. The van der Waals surface area contributed by atoms with Gasteiger partial charge < -0.3 is 21.3 Å². The number of hydrogen-bond donors (Lipinski definition) is 0. The van der Waals surface area contributed by atoms with Crippen molar-refractivity contribution in [3.8, 4) is 0 Å². The first-order chi connectivity index (χ1) is 9.66. The molecule has 0 aromatic heterocycles. The molecule has 21 heavy (non-hydrogen) atoms. The Bertz CT molecular complexity index is 74.3. The van der Waals surface area contributed by atoms with E-state index in [1.165, 1.54) is 0 Å². The molecule has 0 amide bonds. The Labute approximate surface area is 146 Å². The summed E-state index contributed by atoms with van der Waals surface area (Å²) in [6.45, 7) is 24.1. The van der Waals surface area contributed by atoms with Crippen molar-refractivity contribution in [2.75, 3.05) is 52.4 Å². The second kappa shape index (κ2) is 49.9. The first-order valence-electron chi connectivity index (χ1n) is 8.19. The van der Waals surface area contributed by atoms with Gasteiger partial charge in [-0.25, -0.2) is 0 Å². The van der Waals surface area contributed by atoms with Gasteiger partial charge in [0.1, 0.15) is 0 Å². The Morgan fingerprint density at radius 1 is 0.333 bits per heavy atom. The summed E-state index contributed by atoms with van der Waals surface area (Å²) in [4.78, 5) is 0. The van der Waals surface area contributed by atoms with Crippen molar-refractivity contribution < 1.29 is 17.4 Å². The Balaban J connectivity index is -0.0000000533. The predicted octanol–water partition coefficient (Wildman–Crippen LogP) is 5.60. The summed E-state index contributed by atoms with van der Waals surface area (Å²) in [5, 5.41) is 15.9. The largest absolute Gasteiger partial charge is 6.00 e. The Hall–Kier alpha value is 0.372. The number of nitrogens with zero attached hydrogens (tertiary/aromatic N) is 4. The molecule has 0 fully saturated rings. The molecule has 0 aliphatic carbocycles. The van der Waals surface area contributed by atoms with Gasteiger partial charge in [-0.2, -0.15) is 52.4 Å². The summed E-state index contributed by atoms with van der Waals surface area (Å²) in [5.41, 5.74) is 0. The number of hydrogen-bond acceptors (Lipinski definition) is 0. The van der Waals surface area contributed by atoms with Crippen LogP contribution in [0.25, 0.3) is 21.3 Å². The Morgan fingerprint density at radius 2 is 0.429 bits per heavy atom. The van der Waals surface area contributed by atoms with Crippen LogP contribution in [0.4, 0.5) is 0 Å². The normalized spacial score (nSPS) is 8.00. The van der Waals surface area contributed by atoms with Crippen molar-refractivity contribution in [2.24, 2.45) is 0 Å². The fourth-order valence-electron chi connectivity index (χ4n) is 0.894. The molecule has 0 heterocycles.